The lowest BCUT2D eigenvalue weighted by Gasteiger charge is -2.22. The third-order valence-corrected chi connectivity index (χ3v) is 4.31. The fourth-order valence-electron chi connectivity index (χ4n) is 3.25. The van der Waals surface area contributed by atoms with Gasteiger partial charge in [0.2, 0.25) is 0 Å². The number of fused-ring (bicyclic) bond motifs is 1. The summed E-state index contributed by atoms with van der Waals surface area (Å²) in [4.78, 5) is 11.3. The molecule has 1 fully saturated rings. The molecule has 3 heteroatoms. The van der Waals surface area contributed by atoms with Crippen molar-refractivity contribution in [2.75, 3.05) is 0 Å². The number of carbonyl (C=O) groups is 1. The lowest BCUT2D eigenvalue weighted by molar-refractivity contribution is 0.0696. The molecule has 0 amide bonds. The first-order valence-corrected chi connectivity index (χ1v) is 7.16. The number of rotatable bonds is 2. The predicted molar refractivity (Wildman–Crippen MR) is 78.4 cm³/mol. The molecule has 0 unspecified atom stereocenters. The molecule has 0 saturated heterocycles. The second kappa shape index (κ2) is 5.16. The van der Waals surface area contributed by atoms with Gasteiger partial charge < -0.3 is 10.2 Å². The summed E-state index contributed by atoms with van der Waals surface area (Å²) in [7, 11) is 0. The van der Waals surface area contributed by atoms with Crippen LogP contribution in [0, 0.1) is 0 Å². The second-order valence-electron chi connectivity index (χ2n) is 5.58. The van der Waals surface area contributed by atoms with Crippen molar-refractivity contribution >= 4 is 16.7 Å². The predicted octanol–water partition coefficient (Wildman–Crippen LogP) is 4.29. The van der Waals surface area contributed by atoms with E-state index in [0.717, 1.165) is 5.39 Å². The van der Waals surface area contributed by atoms with E-state index in [0.29, 0.717) is 11.3 Å². The summed E-state index contributed by atoms with van der Waals surface area (Å²) < 4.78 is 0. The largest absolute Gasteiger partial charge is 0.507 e. The molecule has 104 valence electrons. The average molecular weight is 270 g/mol. The van der Waals surface area contributed by atoms with Gasteiger partial charge in [-0.1, -0.05) is 43.5 Å². The van der Waals surface area contributed by atoms with Gasteiger partial charge in [0.1, 0.15) is 11.3 Å². The maximum atomic E-state index is 11.3. The van der Waals surface area contributed by atoms with Gasteiger partial charge in [0, 0.05) is 0 Å². The molecule has 1 saturated carbocycles. The molecule has 1 aliphatic carbocycles. The summed E-state index contributed by atoms with van der Waals surface area (Å²) in [6.45, 7) is 0. The van der Waals surface area contributed by atoms with Crippen molar-refractivity contribution in [2.45, 2.75) is 38.0 Å². The Morgan fingerprint density at radius 3 is 2.50 bits per heavy atom. The lowest BCUT2D eigenvalue weighted by Crippen LogP contribution is -2.05. The molecule has 0 atom stereocenters. The summed E-state index contributed by atoms with van der Waals surface area (Å²) >= 11 is 0. The van der Waals surface area contributed by atoms with Crippen molar-refractivity contribution in [1.82, 2.24) is 0 Å². The number of carboxylic acids is 1. The molecule has 0 aromatic heterocycles. The molecule has 1 aliphatic rings. The Labute approximate surface area is 117 Å². The molecule has 2 aromatic rings. The SMILES string of the molecule is O=C(O)c1c(O)ccc2cc(C3CCCCC3)ccc12. The number of carboxylic acid groups (broad SMARTS) is 1. The van der Waals surface area contributed by atoms with Crippen molar-refractivity contribution in [2.24, 2.45) is 0 Å². The van der Waals surface area contributed by atoms with Crippen molar-refractivity contribution < 1.29 is 15.0 Å². The Hall–Kier alpha value is -2.03. The third kappa shape index (κ3) is 2.24. The molecule has 0 radical (unpaired) electrons. The summed E-state index contributed by atoms with van der Waals surface area (Å²) in [5, 5.41) is 20.4. The quantitative estimate of drug-likeness (QED) is 0.855. The van der Waals surface area contributed by atoms with Crippen LogP contribution in [0.2, 0.25) is 0 Å². The van der Waals surface area contributed by atoms with Crippen LogP contribution in [0.25, 0.3) is 10.8 Å². The van der Waals surface area contributed by atoms with Crippen LogP contribution in [0.4, 0.5) is 0 Å². The number of hydrogen-bond acceptors (Lipinski definition) is 2. The molecule has 2 aromatic carbocycles. The van der Waals surface area contributed by atoms with E-state index in [-0.39, 0.29) is 11.3 Å². The number of hydrogen-bond donors (Lipinski definition) is 2. The van der Waals surface area contributed by atoms with E-state index in [1.807, 2.05) is 12.1 Å². The van der Waals surface area contributed by atoms with Crippen molar-refractivity contribution in [3.05, 3.63) is 41.5 Å². The topological polar surface area (TPSA) is 57.5 Å². The minimum absolute atomic E-state index is 0.00214. The molecular formula is C17H18O3. The van der Waals surface area contributed by atoms with Crippen LogP contribution < -0.4 is 0 Å². The Kier molecular flexibility index (Phi) is 3.35. The zero-order chi connectivity index (χ0) is 14.1. The summed E-state index contributed by atoms with van der Waals surface area (Å²) in [6, 6.07) is 9.20. The number of phenols is 1. The highest BCUT2D eigenvalue weighted by Gasteiger charge is 2.18. The van der Waals surface area contributed by atoms with E-state index in [1.165, 1.54) is 43.7 Å². The molecule has 3 rings (SSSR count). The Bertz CT molecular complexity index is 655. The van der Waals surface area contributed by atoms with E-state index in [1.54, 1.807) is 6.07 Å². The molecular weight excluding hydrogens is 252 g/mol. The highest BCUT2D eigenvalue weighted by molar-refractivity contribution is 6.06. The molecule has 0 spiro atoms. The Morgan fingerprint density at radius 2 is 1.80 bits per heavy atom. The number of aromatic carboxylic acids is 1. The van der Waals surface area contributed by atoms with E-state index in [4.69, 9.17) is 0 Å². The van der Waals surface area contributed by atoms with Gasteiger partial charge in [-0.05, 0) is 41.2 Å². The maximum absolute atomic E-state index is 11.3. The van der Waals surface area contributed by atoms with Gasteiger partial charge in [0.25, 0.3) is 0 Å². The van der Waals surface area contributed by atoms with Gasteiger partial charge in [0.05, 0.1) is 0 Å². The van der Waals surface area contributed by atoms with Gasteiger partial charge in [-0.2, -0.15) is 0 Å². The molecule has 0 aliphatic heterocycles. The van der Waals surface area contributed by atoms with Gasteiger partial charge >= 0.3 is 5.97 Å². The molecule has 0 bridgehead atoms. The lowest BCUT2D eigenvalue weighted by atomic mass is 9.83. The van der Waals surface area contributed by atoms with E-state index in [9.17, 15) is 15.0 Å². The van der Waals surface area contributed by atoms with E-state index >= 15 is 0 Å². The van der Waals surface area contributed by atoms with Gasteiger partial charge in [-0.15, -0.1) is 0 Å². The first-order valence-electron chi connectivity index (χ1n) is 7.16. The fourth-order valence-corrected chi connectivity index (χ4v) is 3.25. The van der Waals surface area contributed by atoms with E-state index < -0.39 is 5.97 Å². The smallest absolute Gasteiger partial charge is 0.340 e. The fraction of sp³-hybridized carbons (Fsp3) is 0.353. The molecule has 3 nitrogen and oxygen atoms in total. The number of benzene rings is 2. The average Bonchev–Trinajstić information content (AvgIpc) is 2.47. The van der Waals surface area contributed by atoms with Crippen molar-refractivity contribution in [3.8, 4) is 5.75 Å². The van der Waals surface area contributed by atoms with Gasteiger partial charge in [-0.25, -0.2) is 4.79 Å². The second-order valence-corrected chi connectivity index (χ2v) is 5.58. The first kappa shape index (κ1) is 13.0. The molecule has 2 N–H and O–H groups in total. The van der Waals surface area contributed by atoms with Crippen LogP contribution in [0.1, 0.15) is 53.9 Å². The summed E-state index contributed by atoms with van der Waals surface area (Å²) in [5.41, 5.74) is 1.29. The van der Waals surface area contributed by atoms with Crippen LogP contribution in [0.15, 0.2) is 30.3 Å². The third-order valence-electron chi connectivity index (χ3n) is 4.31. The van der Waals surface area contributed by atoms with Crippen molar-refractivity contribution in [1.29, 1.82) is 0 Å². The highest BCUT2D eigenvalue weighted by atomic mass is 16.4. The monoisotopic (exact) mass is 270 g/mol. The Morgan fingerprint density at radius 1 is 1.05 bits per heavy atom. The summed E-state index contributed by atoms with van der Waals surface area (Å²) in [6.07, 6.45) is 6.31. The zero-order valence-electron chi connectivity index (χ0n) is 11.3. The molecule has 0 heterocycles. The normalized spacial score (nSPS) is 16.4. The molecule has 20 heavy (non-hydrogen) atoms. The number of aromatic hydroxyl groups is 1. The Balaban J connectivity index is 2.08. The minimum atomic E-state index is -1.08. The van der Waals surface area contributed by atoms with Crippen LogP contribution in [-0.4, -0.2) is 16.2 Å². The van der Waals surface area contributed by atoms with Crippen LogP contribution in [0.5, 0.6) is 5.75 Å². The van der Waals surface area contributed by atoms with Crippen LogP contribution in [-0.2, 0) is 0 Å². The van der Waals surface area contributed by atoms with Gasteiger partial charge in [0.15, 0.2) is 0 Å². The van der Waals surface area contributed by atoms with Gasteiger partial charge in [-0.3, -0.25) is 0 Å². The minimum Gasteiger partial charge on any atom is -0.507 e. The van der Waals surface area contributed by atoms with E-state index in [2.05, 4.69) is 6.07 Å². The van der Waals surface area contributed by atoms with Crippen LogP contribution in [0.3, 0.4) is 0 Å². The summed E-state index contributed by atoms with van der Waals surface area (Å²) in [5.74, 6) is -0.663. The van der Waals surface area contributed by atoms with Crippen LogP contribution >= 0.6 is 0 Å². The highest BCUT2D eigenvalue weighted by Crippen LogP contribution is 2.35. The first-order chi connectivity index (χ1) is 9.66. The zero-order valence-corrected chi connectivity index (χ0v) is 11.3. The standard InChI is InChI=1S/C17H18O3/c18-15-9-7-13-10-12(11-4-2-1-3-5-11)6-8-14(13)16(15)17(19)20/h6-11,18H,1-5H2,(H,19,20). The maximum Gasteiger partial charge on any atom is 0.340 e. The van der Waals surface area contributed by atoms with Crippen molar-refractivity contribution in [3.63, 3.8) is 0 Å².